The molecule has 0 heterocycles. The molecule has 1 aliphatic carbocycles. The van der Waals surface area contributed by atoms with Crippen molar-refractivity contribution in [3.8, 4) is 0 Å². The van der Waals surface area contributed by atoms with Crippen molar-refractivity contribution < 1.29 is 9.59 Å². The van der Waals surface area contributed by atoms with Gasteiger partial charge < -0.3 is 11.5 Å². The Morgan fingerprint density at radius 1 is 1.00 bits per heavy atom. The molecule has 0 saturated heterocycles. The van der Waals surface area contributed by atoms with Crippen molar-refractivity contribution in [3.63, 3.8) is 0 Å². The molecule has 0 bridgehead atoms. The number of ketones is 2. The molecule has 2 aromatic rings. The van der Waals surface area contributed by atoms with Crippen LogP contribution in [0.15, 0.2) is 36.4 Å². The Morgan fingerprint density at radius 2 is 1.61 bits per heavy atom. The first-order valence-electron chi connectivity index (χ1n) is 7.63. The van der Waals surface area contributed by atoms with Gasteiger partial charge in [0.05, 0.1) is 11.7 Å². The molecule has 0 fully saturated rings. The Balaban J connectivity index is 2.11. The molecule has 0 amide bonds. The molecule has 0 saturated carbocycles. The summed E-state index contributed by atoms with van der Waals surface area (Å²) >= 11 is 0. The monoisotopic (exact) mass is 309 g/mol. The van der Waals surface area contributed by atoms with Gasteiger partial charge in [0.15, 0.2) is 11.6 Å². The smallest absolute Gasteiger partial charge is 0.196 e. The van der Waals surface area contributed by atoms with Crippen LogP contribution < -0.4 is 16.8 Å². The lowest BCUT2D eigenvalue weighted by atomic mass is 9.81. The lowest BCUT2D eigenvalue weighted by molar-refractivity contribution is 0.0979. The molecule has 1 atom stereocenters. The predicted octanol–water partition coefficient (Wildman–Crippen LogP) is 1.83. The molecule has 1 aliphatic rings. The molecule has 5 nitrogen and oxygen atoms in total. The van der Waals surface area contributed by atoms with E-state index in [9.17, 15) is 9.59 Å². The van der Waals surface area contributed by atoms with Crippen LogP contribution in [0.3, 0.4) is 0 Å². The highest BCUT2D eigenvalue weighted by atomic mass is 16.1. The molecule has 2 aromatic carbocycles. The van der Waals surface area contributed by atoms with E-state index in [0.29, 0.717) is 34.5 Å². The molecular weight excluding hydrogens is 290 g/mol. The summed E-state index contributed by atoms with van der Waals surface area (Å²) in [6.45, 7) is 2.39. The standard InChI is InChI=1S/C18H19N3O2/c1-2-14(20)21-9-10-7-8-13(19)16-15(10)17(22)11-5-3-4-6-12(11)18(16)23/h3-8,14,21H,2,9,19-20H2,1H3. The molecule has 23 heavy (non-hydrogen) atoms. The zero-order valence-electron chi connectivity index (χ0n) is 12.9. The van der Waals surface area contributed by atoms with Crippen LogP contribution in [0.1, 0.15) is 50.8 Å². The van der Waals surface area contributed by atoms with E-state index in [4.69, 9.17) is 11.5 Å². The molecular formula is C18H19N3O2. The van der Waals surface area contributed by atoms with Crippen LogP contribution in [0.2, 0.25) is 0 Å². The summed E-state index contributed by atoms with van der Waals surface area (Å²) in [5, 5.41) is 3.15. The van der Waals surface area contributed by atoms with Gasteiger partial charge in [-0.1, -0.05) is 37.3 Å². The maximum Gasteiger partial charge on any atom is 0.196 e. The van der Waals surface area contributed by atoms with Crippen molar-refractivity contribution in [2.24, 2.45) is 5.73 Å². The quantitative estimate of drug-likeness (QED) is 0.504. The van der Waals surface area contributed by atoms with E-state index in [0.717, 1.165) is 12.0 Å². The molecule has 5 heteroatoms. The first kappa shape index (κ1) is 15.4. The summed E-state index contributed by atoms with van der Waals surface area (Å²) in [6.07, 6.45) is 0.609. The molecule has 5 N–H and O–H groups in total. The van der Waals surface area contributed by atoms with Crippen molar-refractivity contribution in [1.82, 2.24) is 5.32 Å². The Morgan fingerprint density at radius 3 is 2.22 bits per heavy atom. The molecule has 0 aliphatic heterocycles. The first-order chi connectivity index (χ1) is 11.0. The number of benzene rings is 2. The maximum absolute atomic E-state index is 12.9. The van der Waals surface area contributed by atoms with Crippen molar-refractivity contribution in [2.75, 3.05) is 5.73 Å². The second-order valence-corrected chi connectivity index (χ2v) is 5.66. The average Bonchev–Trinajstić information content (AvgIpc) is 2.58. The fourth-order valence-corrected chi connectivity index (χ4v) is 2.85. The van der Waals surface area contributed by atoms with Gasteiger partial charge in [0.1, 0.15) is 0 Å². The van der Waals surface area contributed by atoms with Gasteiger partial charge in [0.25, 0.3) is 0 Å². The number of hydrogen-bond acceptors (Lipinski definition) is 5. The van der Waals surface area contributed by atoms with Crippen LogP contribution in [0.25, 0.3) is 0 Å². The normalized spacial score (nSPS) is 14.3. The van der Waals surface area contributed by atoms with Gasteiger partial charge in [-0.05, 0) is 18.1 Å². The number of fused-ring (bicyclic) bond motifs is 2. The Kier molecular flexibility index (Phi) is 3.98. The van der Waals surface area contributed by atoms with Crippen LogP contribution in [0.4, 0.5) is 5.69 Å². The number of carbonyl (C=O) groups excluding carboxylic acids is 2. The van der Waals surface area contributed by atoms with E-state index >= 15 is 0 Å². The molecule has 0 spiro atoms. The first-order valence-corrected chi connectivity index (χ1v) is 7.63. The van der Waals surface area contributed by atoms with Gasteiger partial charge in [0.2, 0.25) is 0 Å². The molecule has 118 valence electrons. The number of nitrogens with one attached hydrogen (secondary N) is 1. The fourth-order valence-electron chi connectivity index (χ4n) is 2.85. The van der Waals surface area contributed by atoms with Crippen LogP contribution in [0.5, 0.6) is 0 Å². The van der Waals surface area contributed by atoms with E-state index in [1.165, 1.54) is 0 Å². The lowest BCUT2D eigenvalue weighted by Crippen LogP contribution is -2.36. The molecule has 0 radical (unpaired) electrons. The average molecular weight is 309 g/mol. The van der Waals surface area contributed by atoms with Crippen molar-refractivity contribution >= 4 is 17.3 Å². The third kappa shape index (κ3) is 2.54. The van der Waals surface area contributed by atoms with Crippen LogP contribution in [0, 0.1) is 0 Å². The lowest BCUT2D eigenvalue weighted by Gasteiger charge is -2.22. The highest BCUT2D eigenvalue weighted by molar-refractivity contribution is 6.30. The number of anilines is 1. The third-order valence-corrected chi connectivity index (χ3v) is 4.19. The van der Waals surface area contributed by atoms with E-state index in [-0.39, 0.29) is 17.7 Å². The van der Waals surface area contributed by atoms with E-state index in [1.807, 2.05) is 6.92 Å². The Labute approximate surface area is 134 Å². The minimum absolute atomic E-state index is 0.162. The summed E-state index contributed by atoms with van der Waals surface area (Å²) < 4.78 is 0. The predicted molar refractivity (Wildman–Crippen MR) is 89.3 cm³/mol. The topological polar surface area (TPSA) is 98.2 Å². The van der Waals surface area contributed by atoms with Gasteiger partial charge in [-0.15, -0.1) is 0 Å². The van der Waals surface area contributed by atoms with Gasteiger partial charge in [-0.25, -0.2) is 0 Å². The highest BCUT2D eigenvalue weighted by Gasteiger charge is 2.32. The summed E-state index contributed by atoms with van der Waals surface area (Å²) in [4.78, 5) is 25.6. The minimum atomic E-state index is -0.200. The van der Waals surface area contributed by atoms with E-state index < -0.39 is 0 Å². The SMILES string of the molecule is CCC(N)NCc1ccc(N)c2c1C(=O)c1ccccc1C2=O. The number of hydrogen-bond donors (Lipinski definition) is 3. The fraction of sp³-hybridized carbons (Fsp3) is 0.222. The van der Waals surface area contributed by atoms with Gasteiger partial charge >= 0.3 is 0 Å². The second-order valence-electron chi connectivity index (χ2n) is 5.66. The number of nitrogen functional groups attached to an aromatic ring is 1. The molecule has 1 unspecified atom stereocenters. The highest BCUT2D eigenvalue weighted by Crippen LogP contribution is 2.32. The summed E-state index contributed by atoms with van der Waals surface area (Å²) in [5.41, 5.74) is 14.5. The van der Waals surface area contributed by atoms with Crippen molar-refractivity contribution in [3.05, 3.63) is 64.2 Å². The number of rotatable bonds is 4. The van der Waals surface area contributed by atoms with Crippen LogP contribution in [-0.4, -0.2) is 17.7 Å². The Hall–Kier alpha value is -2.50. The van der Waals surface area contributed by atoms with Gasteiger partial charge in [-0.3, -0.25) is 14.9 Å². The minimum Gasteiger partial charge on any atom is -0.398 e. The van der Waals surface area contributed by atoms with Gasteiger partial charge in [-0.2, -0.15) is 0 Å². The summed E-state index contributed by atoms with van der Waals surface area (Å²) in [6, 6.07) is 10.3. The van der Waals surface area contributed by atoms with Crippen LogP contribution >= 0.6 is 0 Å². The number of carbonyl (C=O) groups is 2. The molecule has 0 aromatic heterocycles. The van der Waals surface area contributed by atoms with Crippen molar-refractivity contribution in [1.29, 1.82) is 0 Å². The second kappa shape index (κ2) is 5.95. The largest absolute Gasteiger partial charge is 0.398 e. The van der Waals surface area contributed by atoms with E-state index in [2.05, 4.69) is 5.32 Å². The number of nitrogens with two attached hydrogens (primary N) is 2. The zero-order chi connectivity index (χ0) is 16.6. The summed E-state index contributed by atoms with van der Waals surface area (Å²) in [5.74, 6) is -0.362. The van der Waals surface area contributed by atoms with Crippen molar-refractivity contribution in [2.45, 2.75) is 26.1 Å². The van der Waals surface area contributed by atoms with Gasteiger partial charge in [0, 0.05) is 28.9 Å². The maximum atomic E-state index is 12.9. The summed E-state index contributed by atoms with van der Waals surface area (Å²) in [7, 11) is 0. The zero-order valence-corrected chi connectivity index (χ0v) is 12.9. The van der Waals surface area contributed by atoms with E-state index in [1.54, 1.807) is 36.4 Å². The van der Waals surface area contributed by atoms with Crippen LogP contribution in [-0.2, 0) is 6.54 Å². The molecule has 3 rings (SSSR count). The third-order valence-electron chi connectivity index (χ3n) is 4.19. The Bertz CT molecular complexity index is 799.